The Labute approximate surface area is 194 Å². The molecule has 1 atom stereocenters. The summed E-state index contributed by atoms with van der Waals surface area (Å²) < 4.78 is 5.71. The Balaban J connectivity index is 2.23. The van der Waals surface area contributed by atoms with Crippen molar-refractivity contribution in [1.82, 2.24) is 10.2 Å². The summed E-state index contributed by atoms with van der Waals surface area (Å²) in [5.41, 5.74) is 1.90. The Kier molecular flexibility index (Phi) is 9.66. The van der Waals surface area contributed by atoms with Crippen LogP contribution in [0.3, 0.4) is 0 Å². The van der Waals surface area contributed by atoms with E-state index >= 15 is 0 Å². The summed E-state index contributed by atoms with van der Waals surface area (Å²) in [6, 6.07) is 12.0. The Morgan fingerprint density at radius 2 is 1.74 bits per heavy atom. The molecule has 2 amide bonds. The van der Waals surface area contributed by atoms with E-state index in [1.54, 1.807) is 18.2 Å². The second-order valence-corrected chi connectivity index (χ2v) is 8.47. The van der Waals surface area contributed by atoms with Crippen LogP contribution >= 0.6 is 23.2 Å². The Morgan fingerprint density at radius 1 is 1.06 bits per heavy atom. The van der Waals surface area contributed by atoms with Gasteiger partial charge in [0.25, 0.3) is 5.91 Å². The van der Waals surface area contributed by atoms with E-state index in [2.05, 4.69) is 12.2 Å². The molecule has 0 heterocycles. The second-order valence-electron chi connectivity index (χ2n) is 7.63. The van der Waals surface area contributed by atoms with Crippen molar-refractivity contribution < 1.29 is 14.3 Å². The van der Waals surface area contributed by atoms with Crippen molar-refractivity contribution in [2.45, 2.75) is 59.2 Å². The summed E-state index contributed by atoms with van der Waals surface area (Å²) in [6.45, 7) is 7.72. The Morgan fingerprint density at radius 3 is 2.29 bits per heavy atom. The molecule has 0 aliphatic rings. The maximum atomic E-state index is 13.2. The normalized spacial score (nSPS) is 11.8. The zero-order valence-corrected chi connectivity index (χ0v) is 20.0. The summed E-state index contributed by atoms with van der Waals surface area (Å²) >= 11 is 12.3. The number of rotatable bonds is 10. The summed E-state index contributed by atoms with van der Waals surface area (Å²) in [6.07, 6.45) is 1.39. The topological polar surface area (TPSA) is 58.6 Å². The number of halogens is 2. The van der Waals surface area contributed by atoms with Gasteiger partial charge in [-0.15, -0.1) is 0 Å². The molecular formula is C24H30Cl2N2O3. The van der Waals surface area contributed by atoms with Gasteiger partial charge in [-0.25, -0.2) is 0 Å². The van der Waals surface area contributed by atoms with Crippen LogP contribution in [-0.4, -0.2) is 35.4 Å². The highest BCUT2D eigenvalue weighted by Gasteiger charge is 2.29. The third kappa shape index (κ3) is 7.44. The van der Waals surface area contributed by atoms with Crippen LogP contribution in [0.2, 0.25) is 10.0 Å². The van der Waals surface area contributed by atoms with E-state index in [1.165, 1.54) is 10.5 Å². The molecule has 0 radical (unpaired) electrons. The predicted molar refractivity (Wildman–Crippen MR) is 126 cm³/mol. The fraction of sp³-hybridized carbons (Fsp3) is 0.417. The highest BCUT2D eigenvalue weighted by molar-refractivity contribution is 6.35. The van der Waals surface area contributed by atoms with Gasteiger partial charge in [-0.3, -0.25) is 9.59 Å². The quantitative estimate of drug-likeness (QED) is 0.520. The van der Waals surface area contributed by atoms with E-state index in [9.17, 15) is 9.59 Å². The van der Waals surface area contributed by atoms with Crippen molar-refractivity contribution in [3.8, 4) is 5.75 Å². The molecule has 0 bridgehead atoms. The van der Waals surface area contributed by atoms with Gasteiger partial charge in [0, 0.05) is 22.6 Å². The van der Waals surface area contributed by atoms with Crippen LogP contribution < -0.4 is 10.1 Å². The number of aryl methyl sites for hydroxylation is 1. The summed E-state index contributed by atoms with van der Waals surface area (Å²) in [5.74, 6) is 0.106. The van der Waals surface area contributed by atoms with E-state index in [0.29, 0.717) is 27.8 Å². The van der Waals surface area contributed by atoms with Gasteiger partial charge in [0.1, 0.15) is 11.8 Å². The average molecular weight is 465 g/mol. The zero-order chi connectivity index (χ0) is 23.0. The van der Waals surface area contributed by atoms with Crippen LogP contribution in [0, 0.1) is 0 Å². The van der Waals surface area contributed by atoms with Crippen LogP contribution in [0.25, 0.3) is 0 Å². The summed E-state index contributed by atoms with van der Waals surface area (Å²) in [5, 5.41) is 3.85. The SMILES string of the molecule is CCc1ccc(OCC(=O)N(Cc2ccc(Cl)cc2Cl)[C@H](CC)C(=O)NC(C)C)cc1. The molecule has 0 fully saturated rings. The van der Waals surface area contributed by atoms with Crippen LogP contribution in [-0.2, 0) is 22.6 Å². The molecular weight excluding hydrogens is 435 g/mol. The monoisotopic (exact) mass is 464 g/mol. The number of benzene rings is 2. The second kappa shape index (κ2) is 12.0. The Bertz CT molecular complexity index is 885. The van der Waals surface area contributed by atoms with Crippen LogP contribution in [0.1, 0.15) is 45.2 Å². The molecule has 31 heavy (non-hydrogen) atoms. The van der Waals surface area contributed by atoms with Gasteiger partial charge in [-0.2, -0.15) is 0 Å². The molecule has 0 saturated carbocycles. The lowest BCUT2D eigenvalue weighted by Crippen LogP contribution is -2.51. The first-order chi connectivity index (χ1) is 14.7. The molecule has 168 valence electrons. The van der Waals surface area contributed by atoms with Gasteiger partial charge < -0.3 is 15.0 Å². The third-order valence-electron chi connectivity index (χ3n) is 4.87. The van der Waals surface area contributed by atoms with Gasteiger partial charge in [0.2, 0.25) is 5.91 Å². The molecule has 2 rings (SSSR count). The van der Waals surface area contributed by atoms with E-state index in [4.69, 9.17) is 27.9 Å². The van der Waals surface area contributed by atoms with Crippen molar-refractivity contribution in [2.75, 3.05) is 6.61 Å². The van der Waals surface area contributed by atoms with Crippen LogP contribution in [0.5, 0.6) is 5.75 Å². The van der Waals surface area contributed by atoms with Crippen molar-refractivity contribution in [2.24, 2.45) is 0 Å². The smallest absolute Gasteiger partial charge is 0.261 e. The predicted octanol–water partition coefficient (Wildman–Crippen LogP) is 5.27. The zero-order valence-electron chi connectivity index (χ0n) is 18.5. The first kappa shape index (κ1) is 25.0. The minimum Gasteiger partial charge on any atom is -0.484 e. The number of amides is 2. The number of nitrogens with one attached hydrogen (secondary N) is 1. The molecule has 1 N–H and O–H groups in total. The first-order valence-corrected chi connectivity index (χ1v) is 11.3. The number of carbonyl (C=O) groups is 2. The number of carbonyl (C=O) groups excluding carboxylic acids is 2. The Hall–Kier alpha value is -2.24. The van der Waals surface area contributed by atoms with Gasteiger partial charge in [-0.1, -0.05) is 55.2 Å². The molecule has 5 nitrogen and oxygen atoms in total. The largest absolute Gasteiger partial charge is 0.484 e. The molecule has 2 aromatic rings. The van der Waals surface area contributed by atoms with Crippen LogP contribution in [0.4, 0.5) is 0 Å². The van der Waals surface area contributed by atoms with Gasteiger partial charge >= 0.3 is 0 Å². The molecule has 7 heteroatoms. The minimum absolute atomic E-state index is 0.0362. The average Bonchev–Trinajstić information content (AvgIpc) is 2.73. The lowest BCUT2D eigenvalue weighted by molar-refractivity contribution is -0.143. The van der Waals surface area contributed by atoms with Crippen molar-refractivity contribution in [1.29, 1.82) is 0 Å². The van der Waals surface area contributed by atoms with Crippen LogP contribution in [0.15, 0.2) is 42.5 Å². The van der Waals surface area contributed by atoms with E-state index in [-0.39, 0.29) is 31.0 Å². The van der Waals surface area contributed by atoms with E-state index < -0.39 is 6.04 Å². The summed E-state index contributed by atoms with van der Waals surface area (Å²) in [4.78, 5) is 27.5. The molecule has 0 unspecified atom stereocenters. The maximum Gasteiger partial charge on any atom is 0.261 e. The molecule has 0 aliphatic heterocycles. The van der Waals surface area contributed by atoms with Crippen molar-refractivity contribution in [3.63, 3.8) is 0 Å². The van der Waals surface area contributed by atoms with E-state index in [0.717, 1.165) is 6.42 Å². The third-order valence-corrected chi connectivity index (χ3v) is 5.45. The minimum atomic E-state index is -0.646. The number of nitrogens with zero attached hydrogens (tertiary/aromatic N) is 1. The molecule has 0 aliphatic carbocycles. The molecule has 2 aromatic carbocycles. The number of hydrogen-bond acceptors (Lipinski definition) is 3. The van der Waals surface area contributed by atoms with Gasteiger partial charge in [0.05, 0.1) is 0 Å². The lowest BCUT2D eigenvalue weighted by Gasteiger charge is -2.31. The van der Waals surface area contributed by atoms with Gasteiger partial charge in [-0.05, 0) is 62.1 Å². The highest BCUT2D eigenvalue weighted by Crippen LogP contribution is 2.24. The lowest BCUT2D eigenvalue weighted by atomic mass is 10.1. The highest BCUT2D eigenvalue weighted by atomic mass is 35.5. The fourth-order valence-corrected chi connectivity index (χ4v) is 3.65. The molecule has 0 saturated heterocycles. The first-order valence-electron chi connectivity index (χ1n) is 10.5. The number of hydrogen-bond donors (Lipinski definition) is 1. The van der Waals surface area contributed by atoms with Gasteiger partial charge in [0.15, 0.2) is 6.61 Å². The molecule has 0 spiro atoms. The van der Waals surface area contributed by atoms with E-state index in [1.807, 2.05) is 45.0 Å². The fourth-order valence-electron chi connectivity index (χ4n) is 3.18. The standard InChI is InChI=1S/C24H30Cl2N2O3/c1-5-17-7-11-20(12-8-17)31-15-23(29)28(22(6-2)24(30)27-16(3)4)14-18-9-10-19(25)13-21(18)26/h7-13,16,22H,5-6,14-15H2,1-4H3,(H,27,30)/t22-/m1/s1. The maximum absolute atomic E-state index is 13.2. The van der Waals surface area contributed by atoms with Crippen molar-refractivity contribution >= 4 is 35.0 Å². The number of ether oxygens (including phenoxy) is 1. The summed E-state index contributed by atoms with van der Waals surface area (Å²) in [7, 11) is 0. The van der Waals surface area contributed by atoms with Crippen molar-refractivity contribution in [3.05, 3.63) is 63.6 Å². The molecule has 0 aromatic heterocycles.